The van der Waals surface area contributed by atoms with E-state index >= 15 is 0 Å². The molecular weight excluding hydrogens is 538 g/mol. The lowest BCUT2D eigenvalue weighted by Crippen LogP contribution is -2.25. The highest BCUT2D eigenvalue weighted by Gasteiger charge is 2.19. The number of para-hydroxylation sites is 2. The molecule has 1 aliphatic heterocycles. The van der Waals surface area contributed by atoms with Gasteiger partial charge in [0.1, 0.15) is 11.4 Å². The first-order valence-corrected chi connectivity index (χ1v) is 14.6. The third-order valence-electron chi connectivity index (χ3n) is 7.54. The number of hydrogen-bond acceptors (Lipinski definition) is 7. The number of nitro groups is 1. The van der Waals surface area contributed by atoms with Crippen molar-refractivity contribution < 1.29 is 14.5 Å². The molecule has 2 heterocycles. The summed E-state index contributed by atoms with van der Waals surface area (Å²) in [7, 11) is 0. The fourth-order valence-electron chi connectivity index (χ4n) is 5.37. The standard InChI is InChI=1S/C31H29N5O4S/c1-20(21-11-13-23(14-12-21)22-7-3-2-4-8-22)34-35-28(24-15-16-29-26(17-24)32-30(37)18-40-29)19-41-31(35)33-25-9-5-6-10-27(25)36(38)39/h5-6,9-17,19,22H,2-4,7-8,18H2,1H3,(H,32,37). The van der Waals surface area contributed by atoms with Crippen molar-refractivity contribution in [1.29, 1.82) is 0 Å². The van der Waals surface area contributed by atoms with Gasteiger partial charge in [0.25, 0.3) is 11.6 Å². The summed E-state index contributed by atoms with van der Waals surface area (Å²) >= 11 is 1.33. The highest BCUT2D eigenvalue weighted by molar-refractivity contribution is 7.07. The van der Waals surface area contributed by atoms with Crippen LogP contribution in [-0.2, 0) is 4.79 Å². The van der Waals surface area contributed by atoms with Crippen LogP contribution in [0.15, 0.2) is 82.2 Å². The van der Waals surface area contributed by atoms with Crippen LogP contribution in [0.1, 0.15) is 56.1 Å². The zero-order valence-corrected chi connectivity index (χ0v) is 23.4. The van der Waals surface area contributed by atoms with Crippen molar-refractivity contribution in [2.45, 2.75) is 44.9 Å². The molecule has 1 aliphatic carbocycles. The lowest BCUT2D eigenvalue weighted by molar-refractivity contribution is -0.384. The van der Waals surface area contributed by atoms with Gasteiger partial charge in [0.2, 0.25) is 4.80 Å². The van der Waals surface area contributed by atoms with Crippen LogP contribution in [0.2, 0.25) is 0 Å². The molecule has 1 fully saturated rings. The molecule has 4 aromatic rings. The number of benzene rings is 3. The monoisotopic (exact) mass is 567 g/mol. The Balaban J connectivity index is 1.44. The molecule has 0 atom stereocenters. The van der Waals surface area contributed by atoms with E-state index in [1.54, 1.807) is 22.9 Å². The number of carbonyl (C=O) groups is 1. The van der Waals surface area contributed by atoms with Crippen molar-refractivity contribution in [1.82, 2.24) is 4.68 Å². The Morgan fingerprint density at radius 3 is 2.63 bits per heavy atom. The fourth-order valence-corrected chi connectivity index (χ4v) is 6.21. The minimum Gasteiger partial charge on any atom is -0.482 e. The number of nitrogens with zero attached hydrogens (tertiary/aromatic N) is 4. The predicted molar refractivity (Wildman–Crippen MR) is 160 cm³/mol. The van der Waals surface area contributed by atoms with Gasteiger partial charge in [-0.15, -0.1) is 11.3 Å². The Hall–Kier alpha value is -4.57. The number of rotatable bonds is 6. The SMILES string of the molecule is CC(=Nn1c(-c2ccc3c(c2)NC(=O)CO3)csc1=Nc1ccccc1[N+](=O)[O-])c1ccc(C2CCCCC2)cc1. The Kier molecular flexibility index (Phi) is 7.47. The highest BCUT2D eigenvalue weighted by Crippen LogP contribution is 2.34. The number of aromatic nitrogens is 1. The van der Waals surface area contributed by atoms with Crippen LogP contribution in [0.4, 0.5) is 17.1 Å². The minimum absolute atomic E-state index is 0.0211. The lowest BCUT2D eigenvalue weighted by Gasteiger charge is -2.22. The van der Waals surface area contributed by atoms with E-state index in [-0.39, 0.29) is 23.9 Å². The maximum Gasteiger partial charge on any atom is 0.294 e. The second kappa shape index (κ2) is 11.5. The maximum atomic E-state index is 11.9. The Labute approximate surface area is 241 Å². The van der Waals surface area contributed by atoms with Gasteiger partial charge in [0.15, 0.2) is 6.61 Å². The summed E-state index contributed by atoms with van der Waals surface area (Å²) in [6.45, 7) is 1.92. The van der Waals surface area contributed by atoms with Crippen LogP contribution >= 0.6 is 11.3 Å². The molecular formula is C31H29N5O4S. The van der Waals surface area contributed by atoms with Crippen LogP contribution in [0.3, 0.4) is 0 Å². The van der Waals surface area contributed by atoms with Crippen LogP contribution in [-0.4, -0.2) is 27.8 Å². The van der Waals surface area contributed by atoms with Gasteiger partial charge in [0.05, 0.1) is 22.0 Å². The molecule has 0 bridgehead atoms. The van der Waals surface area contributed by atoms with Crippen molar-refractivity contribution in [2.24, 2.45) is 10.1 Å². The number of hydrogen-bond donors (Lipinski definition) is 1. The van der Waals surface area contributed by atoms with Gasteiger partial charge in [-0.25, -0.2) is 9.67 Å². The van der Waals surface area contributed by atoms with Gasteiger partial charge in [-0.05, 0) is 61.1 Å². The Bertz CT molecular complexity index is 1720. The number of ether oxygens (including phenoxy) is 1. The molecule has 1 aromatic heterocycles. The zero-order chi connectivity index (χ0) is 28.3. The first-order chi connectivity index (χ1) is 20.0. The van der Waals surface area contributed by atoms with Gasteiger partial charge >= 0.3 is 0 Å². The topological polar surface area (TPSA) is 111 Å². The summed E-state index contributed by atoms with van der Waals surface area (Å²) in [5.41, 5.74) is 5.39. The molecule has 6 rings (SSSR count). The van der Waals surface area contributed by atoms with Crippen LogP contribution in [0.5, 0.6) is 5.75 Å². The predicted octanol–water partition coefficient (Wildman–Crippen LogP) is 7.01. The summed E-state index contributed by atoms with van der Waals surface area (Å²) < 4.78 is 7.23. The van der Waals surface area contributed by atoms with Gasteiger partial charge in [-0.3, -0.25) is 14.9 Å². The largest absolute Gasteiger partial charge is 0.482 e. The summed E-state index contributed by atoms with van der Waals surface area (Å²) in [4.78, 5) is 28.3. The van der Waals surface area contributed by atoms with Gasteiger partial charge < -0.3 is 10.1 Å². The van der Waals surface area contributed by atoms with E-state index in [0.717, 1.165) is 22.5 Å². The molecule has 0 spiro atoms. The number of amides is 1. The summed E-state index contributed by atoms with van der Waals surface area (Å²) in [6, 6.07) is 20.6. The third kappa shape index (κ3) is 5.69. The van der Waals surface area contributed by atoms with Gasteiger partial charge in [0, 0.05) is 17.0 Å². The van der Waals surface area contributed by atoms with Crippen molar-refractivity contribution in [3.63, 3.8) is 0 Å². The summed E-state index contributed by atoms with van der Waals surface area (Å²) in [5, 5.41) is 21.4. The van der Waals surface area contributed by atoms with Crippen LogP contribution < -0.4 is 14.9 Å². The summed E-state index contributed by atoms with van der Waals surface area (Å²) in [5.74, 6) is 0.997. The Morgan fingerprint density at radius 2 is 1.85 bits per heavy atom. The lowest BCUT2D eigenvalue weighted by atomic mass is 9.84. The van der Waals surface area contributed by atoms with E-state index in [1.165, 1.54) is 55.1 Å². The molecule has 1 N–H and O–H groups in total. The van der Waals surface area contributed by atoms with E-state index < -0.39 is 4.92 Å². The quantitative estimate of drug-likeness (QED) is 0.153. The minimum atomic E-state index is -0.438. The number of nitrogens with one attached hydrogen (secondary N) is 1. The molecule has 3 aromatic carbocycles. The number of thiazole rings is 1. The second-order valence-corrected chi connectivity index (χ2v) is 11.1. The molecule has 10 heteroatoms. The van der Waals surface area contributed by atoms with E-state index in [1.807, 2.05) is 30.5 Å². The molecule has 0 unspecified atom stereocenters. The molecule has 2 aliphatic rings. The molecule has 9 nitrogen and oxygen atoms in total. The molecule has 208 valence electrons. The van der Waals surface area contributed by atoms with E-state index in [4.69, 9.17) is 9.84 Å². The molecule has 1 amide bonds. The number of carbonyl (C=O) groups excluding carboxylic acids is 1. The van der Waals surface area contributed by atoms with E-state index in [0.29, 0.717) is 22.2 Å². The van der Waals surface area contributed by atoms with Crippen molar-refractivity contribution in [2.75, 3.05) is 11.9 Å². The van der Waals surface area contributed by atoms with E-state index in [2.05, 4.69) is 34.6 Å². The van der Waals surface area contributed by atoms with Gasteiger partial charge in [-0.2, -0.15) is 5.10 Å². The van der Waals surface area contributed by atoms with Crippen LogP contribution in [0, 0.1) is 10.1 Å². The zero-order valence-electron chi connectivity index (χ0n) is 22.6. The van der Waals surface area contributed by atoms with Crippen molar-refractivity contribution in [3.05, 3.63) is 98.2 Å². The van der Waals surface area contributed by atoms with E-state index in [9.17, 15) is 14.9 Å². The number of fused-ring (bicyclic) bond motifs is 1. The average molecular weight is 568 g/mol. The van der Waals surface area contributed by atoms with Gasteiger partial charge in [-0.1, -0.05) is 55.7 Å². The van der Waals surface area contributed by atoms with Crippen molar-refractivity contribution >= 4 is 40.0 Å². The first-order valence-electron chi connectivity index (χ1n) is 13.7. The molecule has 0 saturated heterocycles. The Morgan fingerprint density at radius 1 is 1.07 bits per heavy atom. The normalized spacial score (nSPS) is 16.2. The molecule has 0 radical (unpaired) electrons. The first kappa shape index (κ1) is 26.6. The molecule has 41 heavy (non-hydrogen) atoms. The fraction of sp³-hybridized carbons (Fsp3) is 0.258. The second-order valence-electron chi connectivity index (χ2n) is 10.3. The molecule has 1 saturated carbocycles. The van der Waals surface area contributed by atoms with Crippen molar-refractivity contribution in [3.8, 4) is 17.0 Å². The summed E-state index contributed by atoms with van der Waals surface area (Å²) in [6.07, 6.45) is 6.37. The average Bonchev–Trinajstić information content (AvgIpc) is 3.39. The maximum absolute atomic E-state index is 11.9. The number of anilines is 1. The smallest absolute Gasteiger partial charge is 0.294 e. The highest BCUT2D eigenvalue weighted by atomic mass is 32.1. The number of nitro benzene ring substituents is 1. The third-order valence-corrected chi connectivity index (χ3v) is 8.36. The van der Waals surface area contributed by atoms with Crippen LogP contribution in [0.25, 0.3) is 11.3 Å².